The first-order valence-corrected chi connectivity index (χ1v) is 5.86. The fourth-order valence-electron chi connectivity index (χ4n) is 2.11. The van der Waals surface area contributed by atoms with E-state index in [9.17, 15) is 0 Å². The van der Waals surface area contributed by atoms with Crippen LogP contribution in [0.1, 0.15) is 11.4 Å². The number of aryl methyl sites for hydroxylation is 2. The van der Waals surface area contributed by atoms with E-state index in [1.807, 2.05) is 19.9 Å². The summed E-state index contributed by atoms with van der Waals surface area (Å²) >= 11 is 0. The number of aromatic amines is 2. The molecule has 18 heavy (non-hydrogen) atoms. The summed E-state index contributed by atoms with van der Waals surface area (Å²) in [5.41, 5.74) is 6.34. The van der Waals surface area contributed by atoms with E-state index < -0.39 is 0 Å². The average molecular weight is 238 g/mol. The number of hydrogen-bond donors (Lipinski definition) is 2. The van der Waals surface area contributed by atoms with Crippen molar-refractivity contribution in [3.63, 3.8) is 0 Å². The van der Waals surface area contributed by atoms with Gasteiger partial charge in [-0.15, -0.1) is 0 Å². The quantitative estimate of drug-likeness (QED) is 0.720. The Bertz CT molecular complexity index is 623. The highest BCUT2D eigenvalue weighted by Gasteiger charge is 2.08. The Morgan fingerprint density at radius 2 is 1.33 bits per heavy atom. The van der Waals surface area contributed by atoms with Crippen LogP contribution in [0.5, 0.6) is 0 Å². The van der Waals surface area contributed by atoms with E-state index in [1.54, 1.807) is 12.7 Å². The molecular formula is C14H14N4. The highest BCUT2D eigenvalue weighted by Crippen LogP contribution is 2.26. The summed E-state index contributed by atoms with van der Waals surface area (Å²) in [4.78, 5) is 14.9. The van der Waals surface area contributed by atoms with Crippen molar-refractivity contribution in [3.8, 4) is 22.5 Å². The van der Waals surface area contributed by atoms with Crippen molar-refractivity contribution in [2.75, 3.05) is 0 Å². The first-order chi connectivity index (χ1) is 8.75. The van der Waals surface area contributed by atoms with E-state index in [-0.39, 0.29) is 0 Å². The van der Waals surface area contributed by atoms with Gasteiger partial charge in [-0.3, -0.25) is 0 Å². The molecule has 0 saturated carbocycles. The normalized spacial score (nSPS) is 10.8. The summed E-state index contributed by atoms with van der Waals surface area (Å²) in [6.07, 6.45) is 3.44. The fourth-order valence-corrected chi connectivity index (χ4v) is 2.11. The standard InChI is InChI=1S/C14H14N4/c1-9-13(17-7-15-9)11-4-3-5-12(6-11)14-10(2)16-8-18-14/h3-8H,1-2H3,(H,15,17)(H,16,18). The molecule has 4 nitrogen and oxygen atoms in total. The van der Waals surface area contributed by atoms with Crippen molar-refractivity contribution >= 4 is 0 Å². The van der Waals surface area contributed by atoms with Gasteiger partial charge in [-0.05, 0) is 19.9 Å². The SMILES string of the molecule is Cc1[nH]cnc1-c1cccc(-c2nc[nH]c2C)c1. The second kappa shape index (κ2) is 4.14. The molecule has 2 aromatic heterocycles. The molecule has 90 valence electrons. The molecule has 0 radical (unpaired) electrons. The van der Waals surface area contributed by atoms with E-state index in [4.69, 9.17) is 0 Å². The smallest absolute Gasteiger partial charge is 0.0929 e. The Morgan fingerprint density at radius 3 is 1.72 bits per heavy atom. The second-order valence-electron chi connectivity index (χ2n) is 4.33. The van der Waals surface area contributed by atoms with Crippen LogP contribution in [0.25, 0.3) is 22.5 Å². The Morgan fingerprint density at radius 1 is 0.833 bits per heavy atom. The molecule has 0 saturated heterocycles. The zero-order valence-electron chi connectivity index (χ0n) is 10.4. The number of nitrogens with one attached hydrogen (secondary N) is 2. The topological polar surface area (TPSA) is 57.4 Å². The molecule has 0 aliphatic rings. The summed E-state index contributed by atoms with van der Waals surface area (Å²) in [5.74, 6) is 0. The zero-order chi connectivity index (χ0) is 12.5. The summed E-state index contributed by atoms with van der Waals surface area (Å²) in [7, 11) is 0. The molecule has 0 aliphatic heterocycles. The van der Waals surface area contributed by atoms with Crippen molar-refractivity contribution in [1.82, 2.24) is 19.9 Å². The van der Waals surface area contributed by atoms with Crippen molar-refractivity contribution in [1.29, 1.82) is 0 Å². The first kappa shape index (κ1) is 10.8. The third-order valence-electron chi connectivity index (χ3n) is 3.07. The molecular weight excluding hydrogens is 224 g/mol. The Balaban J connectivity index is 2.11. The van der Waals surface area contributed by atoms with E-state index in [1.165, 1.54) is 0 Å². The largest absolute Gasteiger partial charge is 0.348 e. The molecule has 0 atom stereocenters. The van der Waals surface area contributed by atoms with Crippen molar-refractivity contribution in [2.45, 2.75) is 13.8 Å². The van der Waals surface area contributed by atoms with Gasteiger partial charge in [0.1, 0.15) is 0 Å². The Hall–Kier alpha value is -2.36. The lowest BCUT2D eigenvalue weighted by molar-refractivity contribution is 1.25. The molecule has 0 bridgehead atoms. The lowest BCUT2D eigenvalue weighted by atomic mass is 10.0. The lowest BCUT2D eigenvalue weighted by Crippen LogP contribution is -1.85. The number of aromatic nitrogens is 4. The second-order valence-corrected chi connectivity index (χ2v) is 4.33. The Labute approximate surface area is 105 Å². The van der Waals surface area contributed by atoms with Crippen molar-refractivity contribution in [2.24, 2.45) is 0 Å². The van der Waals surface area contributed by atoms with Crippen LogP contribution in [0.3, 0.4) is 0 Å². The zero-order valence-corrected chi connectivity index (χ0v) is 10.4. The van der Waals surface area contributed by atoms with Crippen molar-refractivity contribution < 1.29 is 0 Å². The van der Waals surface area contributed by atoms with Crippen LogP contribution < -0.4 is 0 Å². The molecule has 2 heterocycles. The number of benzene rings is 1. The van der Waals surface area contributed by atoms with E-state index in [2.05, 4.69) is 38.1 Å². The lowest BCUT2D eigenvalue weighted by Gasteiger charge is -2.03. The van der Waals surface area contributed by atoms with E-state index >= 15 is 0 Å². The molecule has 2 N–H and O–H groups in total. The van der Waals surface area contributed by atoms with Gasteiger partial charge in [-0.1, -0.05) is 18.2 Å². The monoisotopic (exact) mass is 238 g/mol. The number of rotatable bonds is 2. The van der Waals surface area contributed by atoms with Crippen LogP contribution in [-0.2, 0) is 0 Å². The summed E-state index contributed by atoms with van der Waals surface area (Å²) in [6, 6.07) is 8.28. The van der Waals surface area contributed by atoms with Crippen LogP contribution >= 0.6 is 0 Å². The number of H-pyrrole nitrogens is 2. The van der Waals surface area contributed by atoms with Gasteiger partial charge in [0.05, 0.1) is 24.0 Å². The predicted octanol–water partition coefficient (Wildman–Crippen LogP) is 3.08. The summed E-state index contributed by atoms with van der Waals surface area (Å²) in [6.45, 7) is 4.05. The van der Waals surface area contributed by atoms with Gasteiger partial charge in [-0.2, -0.15) is 0 Å². The van der Waals surface area contributed by atoms with Gasteiger partial charge in [0.2, 0.25) is 0 Å². The van der Waals surface area contributed by atoms with E-state index in [0.29, 0.717) is 0 Å². The van der Waals surface area contributed by atoms with Gasteiger partial charge in [0.25, 0.3) is 0 Å². The third-order valence-corrected chi connectivity index (χ3v) is 3.07. The van der Waals surface area contributed by atoms with Gasteiger partial charge in [-0.25, -0.2) is 9.97 Å². The fraction of sp³-hybridized carbons (Fsp3) is 0.143. The Kier molecular flexibility index (Phi) is 2.48. The molecule has 0 fully saturated rings. The molecule has 0 spiro atoms. The maximum atomic E-state index is 4.35. The highest BCUT2D eigenvalue weighted by molar-refractivity contribution is 5.71. The summed E-state index contributed by atoms with van der Waals surface area (Å²) < 4.78 is 0. The molecule has 3 aromatic rings. The van der Waals surface area contributed by atoms with Gasteiger partial charge >= 0.3 is 0 Å². The van der Waals surface area contributed by atoms with Gasteiger partial charge in [0, 0.05) is 22.5 Å². The number of nitrogens with zero attached hydrogens (tertiary/aromatic N) is 2. The van der Waals surface area contributed by atoms with Crippen LogP contribution in [0.2, 0.25) is 0 Å². The molecule has 0 unspecified atom stereocenters. The first-order valence-electron chi connectivity index (χ1n) is 5.86. The maximum absolute atomic E-state index is 4.35. The summed E-state index contributed by atoms with van der Waals surface area (Å²) in [5, 5.41) is 0. The van der Waals surface area contributed by atoms with Gasteiger partial charge in [0.15, 0.2) is 0 Å². The minimum absolute atomic E-state index is 0.991. The molecule has 0 amide bonds. The molecule has 0 aliphatic carbocycles. The molecule has 3 rings (SSSR count). The molecule has 4 heteroatoms. The third kappa shape index (κ3) is 1.72. The predicted molar refractivity (Wildman–Crippen MR) is 71.1 cm³/mol. The van der Waals surface area contributed by atoms with E-state index in [0.717, 1.165) is 33.9 Å². The van der Waals surface area contributed by atoms with Crippen LogP contribution in [0.4, 0.5) is 0 Å². The maximum Gasteiger partial charge on any atom is 0.0929 e. The van der Waals surface area contributed by atoms with Gasteiger partial charge < -0.3 is 9.97 Å². The minimum Gasteiger partial charge on any atom is -0.348 e. The number of hydrogen-bond acceptors (Lipinski definition) is 2. The van der Waals surface area contributed by atoms with Crippen LogP contribution in [-0.4, -0.2) is 19.9 Å². The average Bonchev–Trinajstić information content (AvgIpc) is 2.98. The molecule has 1 aromatic carbocycles. The van der Waals surface area contributed by atoms with Crippen LogP contribution in [0.15, 0.2) is 36.9 Å². The van der Waals surface area contributed by atoms with Crippen molar-refractivity contribution in [3.05, 3.63) is 48.3 Å². The number of imidazole rings is 2. The van der Waals surface area contributed by atoms with Crippen LogP contribution in [0, 0.1) is 13.8 Å². The highest BCUT2D eigenvalue weighted by atomic mass is 14.9. The minimum atomic E-state index is 0.991.